The molecular weight excluding hydrogens is 709 g/mol. The molecule has 0 saturated carbocycles. The number of fused-ring (bicyclic) bond motifs is 2. The topological polar surface area (TPSA) is 93.4 Å². The molecule has 0 saturated heterocycles. The molecule has 0 radical (unpaired) electrons. The molecule has 148 valence electrons. The van der Waals surface area contributed by atoms with E-state index in [4.69, 9.17) is 4.42 Å². The number of hydrogen-bond acceptors (Lipinski definition) is 5. The SMILES string of the molecule is O=C([O-])c1ccccc1-c1c2cc(Br)c(=O)c(Br)c-2oc2c(Br)c([O-])c(Br)cc12.[Na+].[Na+].[NaH]. The fourth-order valence-electron chi connectivity index (χ4n) is 3.16. The van der Waals surface area contributed by atoms with E-state index < -0.39 is 5.97 Å². The third-order valence-corrected chi connectivity index (χ3v) is 7.04. The van der Waals surface area contributed by atoms with Crippen LogP contribution in [0.4, 0.5) is 0 Å². The molecule has 2 aromatic carbocycles. The number of carbonyl (C=O) groups excluding carboxylic acids is 1. The van der Waals surface area contributed by atoms with Gasteiger partial charge in [0, 0.05) is 26.5 Å². The predicted octanol–water partition coefficient (Wildman–Crippen LogP) is -1.59. The fourth-order valence-corrected chi connectivity index (χ4v) is 5.56. The van der Waals surface area contributed by atoms with E-state index in [0.29, 0.717) is 22.1 Å². The van der Waals surface area contributed by atoms with Gasteiger partial charge in [-0.1, -0.05) is 45.9 Å². The number of carbonyl (C=O) groups is 1. The number of carboxylic acids is 1. The molecule has 0 unspecified atom stereocenters. The van der Waals surface area contributed by atoms with E-state index in [9.17, 15) is 19.8 Å². The Bertz CT molecular complexity index is 1370. The van der Waals surface area contributed by atoms with Crippen LogP contribution in [0.1, 0.15) is 10.4 Å². The summed E-state index contributed by atoms with van der Waals surface area (Å²) in [6.45, 7) is 0. The molecule has 2 aromatic rings. The number of carboxylic acid groups (broad SMARTS) is 1. The molecule has 0 aromatic heterocycles. The van der Waals surface area contributed by atoms with Crippen molar-refractivity contribution >= 4 is 110 Å². The van der Waals surface area contributed by atoms with Crippen molar-refractivity contribution in [3.05, 3.63) is 70.1 Å². The molecule has 0 bridgehead atoms. The van der Waals surface area contributed by atoms with Gasteiger partial charge in [0.05, 0.1) is 14.9 Å². The van der Waals surface area contributed by atoms with E-state index in [1.165, 1.54) is 6.07 Å². The van der Waals surface area contributed by atoms with Gasteiger partial charge in [-0.3, -0.25) is 4.79 Å². The van der Waals surface area contributed by atoms with Crippen LogP contribution in [0.25, 0.3) is 33.4 Å². The Morgan fingerprint density at radius 3 is 2.16 bits per heavy atom. The van der Waals surface area contributed by atoms with Crippen LogP contribution in [-0.2, 0) is 0 Å². The first-order chi connectivity index (χ1) is 13.7. The van der Waals surface area contributed by atoms with Crippen LogP contribution < -0.4 is 74.8 Å². The standard InChI is InChI=1S/C20H8Br4O5.3Na.H/c21-11-5-9-13(7-3-1-2-4-8(7)20(27)28)10-6-12(22)17(26)15(24)19(10)29-18(9)14(23)16(11)25;;;;/h1-6,25H,(H,27,28);;;;/q;;2*+1;/p-2. The Morgan fingerprint density at radius 2 is 1.53 bits per heavy atom. The second-order valence-corrected chi connectivity index (χ2v) is 9.36. The van der Waals surface area contributed by atoms with Gasteiger partial charge in [0.1, 0.15) is 10.1 Å². The molecule has 0 amide bonds. The summed E-state index contributed by atoms with van der Waals surface area (Å²) in [6, 6.07) is 9.50. The van der Waals surface area contributed by atoms with Crippen LogP contribution in [0, 0.1) is 0 Å². The van der Waals surface area contributed by atoms with Gasteiger partial charge in [0.25, 0.3) is 0 Å². The molecule has 0 spiro atoms. The van der Waals surface area contributed by atoms with Crippen molar-refractivity contribution in [2.45, 2.75) is 0 Å². The summed E-state index contributed by atoms with van der Waals surface area (Å²) in [4.78, 5) is 24.2. The van der Waals surface area contributed by atoms with Gasteiger partial charge in [0.15, 0.2) is 5.76 Å². The normalized spacial score (nSPS) is 10.2. The minimum absolute atomic E-state index is 0. The monoisotopic (exact) mass is 712 g/mol. The number of rotatable bonds is 2. The fraction of sp³-hybridized carbons (Fsp3) is 0. The molecule has 1 heterocycles. The maximum atomic E-state index is 12.4. The second kappa shape index (κ2) is 12.5. The molecule has 0 atom stereocenters. The predicted molar refractivity (Wildman–Crippen MR) is 126 cm³/mol. The Labute approximate surface area is 282 Å². The van der Waals surface area contributed by atoms with Crippen LogP contribution >= 0.6 is 63.7 Å². The molecule has 1 aliphatic carbocycles. The van der Waals surface area contributed by atoms with Crippen molar-refractivity contribution < 1.29 is 78.5 Å². The Morgan fingerprint density at radius 1 is 0.906 bits per heavy atom. The third-order valence-electron chi connectivity index (χ3n) is 4.42. The zero-order chi connectivity index (χ0) is 21.0. The number of halogens is 4. The molecule has 5 nitrogen and oxygen atoms in total. The van der Waals surface area contributed by atoms with E-state index in [0.717, 1.165) is 0 Å². The van der Waals surface area contributed by atoms with Crippen LogP contribution in [0.15, 0.2) is 63.5 Å². The Balaban J connectivity index is 0.00000171. The van der Waals surface area contributed by atoms with Gasteiger partial charge in [-0.15, -0.1) is 0 Å². The quantitative estimate of drug-likeness (QED) is 0.185. The zero-order valence-corrected chi connectivity index (χ0v) is 26.4. The second-order valence-electron chi connectivity index (χ2n) is 6.07. The summed E-state index contributed by atoms with van der Waals surface area (Å²) < 4.78 is 6.80. The van der Waals surface area contributed by atoms with E-state index in [-0.39, 0.29) is 135 Å². The van der Waals surface area contributed by atoms with Gasteiger partial charge in [0.2, 0.25) is 5.43 Å². The number of hydrogen-bond donors (Lipinski definition) is 0. The zero-order valence-electron chi connectivity index (χ0n) is 16.0. The van der Waals surface area contributed by atoms with Crippen LogP contribution in [0.2, 0.25) is 0 Å². The van der Waals surface area contributed by atoms with Gasteiger partial charge >= 0.3 is 88.7 Å². The van der Waals surface area contributed by atoms with Gasteiger partial charge in [-0.25, -0.2) is 0 Å². The Hall–Kier alpha value is 1.32. The molecule has 1 aliphatic heterocycles. The molecular formula is C20H7Br4Na3O5. The number of aromatic carboxylic acids is 1. The Kier molecular flexibility index (Phi) is 12.3. The first kappa shape index (κ1) is 31.4. The first-order valence-electron chi connectivity index (χ1n) is 7.96. The van der Waals surface area contributed by atoms with Gasteiger partial charge < -0.3 is 19.4 Å². The van der Waals surface area contributed by atoms with Gasteiger partial charge in [-0.2, -0.15) is 0 Å². The van der Waals surface area contributed by atoms with Crippen LogP contribution in [-0.4, -0.2) is 35.5 Å². The maximum absolute atomic E-state index is 12.4. The summed E-state index contributed by atoms with van der Waals surface area (Å²) in [5.41, 5.74) is 1.17. The average molecular weight is 716 g/mol. The van der Waals surface area contributed by atoms with Crippen LogP contribution in [0.5, 0.6) is 5.75 Å². The summed E-state index contributed by atoms with van der Waals surface area (Å²) in [7, 11) is 0. The number of benzene rings is 3. The van der Waals surface area contributed by atoms with E-state index in [1.54, 1.807) is 30.3 Å². The van der Waals surface area contributed by atoms with Crippen molar-refractivity contribution in [2.75, 3.05) is 0 Å². The van der Waals surface area contributed by atoms with Crippen molar-refractivity contribution in [1.29, 1.82) is 0 Å². The van der Waals surface area contributed by atoms with E-state index >= 15 is 0 Å². The van der Waals surface area contributed by atoms with Crippen molar-refractivity contribution in [3.63, 3.8) is 0 Å². The first-order valence-corrected chi connectivity index (χ1v) is 11.1. The molecule has 2 aliphatic rings. The molecule has 0 N–H and O–H groups in total. The van der Waals surface area contributed by atoms with Crippen molar-refractivity contribution in [2.24, 2.45) is 0 Å². The van der Waals surface area contributed by atoms with Crippen molar-refractivity contribution in [1.82, 2.24) is 0 Å². The van der Waals surface area contributed by atoms with E-state index in [1.807, 2.05) is 0 Å². The third kappa shape index (κ3) is 5.51. The minimum atomic E-state index is -1.35. The van der Waals surface area contributed by atoms with E-state index in [2.05, 4.69) is 63.7 Å². The average Bonchev–Trinajstić information content (AvgIpc) is 2.69. The summed E-state index contributed by atoms with van der Waals surface area (Å²) in [6.07, 6.45) is 0. The summed E-state index contributed by atoms with van der Waals surface area (Å²) in [5.74, 6) is -1.49. The molecule has 12 heteroatoms. The van der Waals surface area contributed by atoms with Gasteiger partial charge in [-0.05, 0) is 65.5 Å². The molecule has 0 fully saturated rings. The molecule has 4 rings (SSSR count). The van der Waals surface area contributed by atoms with Crippen LogP contribution in [0.3, 0.4) is 0 Å². The summed E-state index contributed by atoms with van der Waals surface area (Å²) in [5, 5.41) is 24.7. The molecule has 32 heavy (non-hydrogen) atoms. The van der Waals surface area contributed by atoms with Crippen molar-refractivity contribution in [3.8, 4) is 28.2 Å². The summed E-state index contributed by atoms with van der Waals surface area (Å²) >= 11 is 13.0.